The highest BCUT2D eigenvalue weighted by Gasteiger charge is 2.35. The smallest absolute Gasteiger partial charge is 0.218 e. The molecule has 0 aliphatic heterocycles. The Balaban J connectivity index is 3.38. The molecule has 2 atom stereocenters. The third kappa shape index (κ3) is 2.41. The molecule has 0 fully saturated rings. The molecule has 2 unspecified atom stereocenters. The zero-order chi connectivity index (χ0) is 13.1. The van der Waals surface area contributed by atoms with Gasteiger partial charge in [0.2, 0.25) is 5.88 Å². The molecule has 17 heavy (non-hydrogen) atoms. The first-order valence-corrected chi connectivity index (χ1v) is 5.54. The number of nitrogens with zero attached hydrogens (tertiary/aromatic N) is 1. The molecule has 0 radical (unpaired) electrons. The van der Waals surface area contributed by atoms with Crippen molar-refractivity contribution in [3.8, 4) is 5.88 Å². The average molecular weight is 241 g/mol. The van der Waals surface area contributed by atoms with Crippen molar-refractivity contribution in [3.63, 3.8) is 0 Å². The molecule has 1 heterocycles. The fourth-order valence-electron chi connectivity index (χ4n) is 1.92. The summed E-state index contributed by atoms with van der Waals surface area (Å²) < 4.78 is 5.03. The highest BCUT2D eigenvalue weighted by molar-refractivity contribution is 5.38. The summed E-state index contributed by atoms with van der Waals surface area (Å²) >= 11 is 0. The van der Waals surface area contributed by atoms with Gasteiger partial charge in [-0.2, -0.15) is 0 Å². The van der Waals surface area contributed by atoms with E-state index in [1.165, 1.54) is 20.2 Å². The number of hydrogen-bond acceptors (Lipinski definition) is 5. The van der Waals surface area contributed by atoms with Crippen molar-refractivity contribution in [1.82, 2.24) is 4.98 Å². The first-order chi connectivity index (χ1) is 8.01. The predicted octanol–water partition coefficient (Wildman–Crippen LogP) is 0.561. The van der Waals surface area contributed by atoms with Crippen LogP contribution >= 0.6 is 0 Å². The molecular formula is C12H19NO4. The van der Waals surface area contributed by atoms with Gasteiger partial charge in [-0.25, -0.2) is 4.98 Å². The number of methoxy groups -OCH3 is 1. The van der Waals surface area contributed by atoms with Gasteiger partial charge in [-0.3, -0.25) is 0 Å². The molecule has 0 aliphatic rings. The average Bonchev–Trinajstić information content (AvgIpc) is 2.36. The quantitative estimate of drug-likeness (QED) is 0.701. The monoisotopic (exact) mass is 241 g/mol. The van der Waals surface area contributed by atoms with E-state index in [9.17, 15) is 15.3 Å². The summed E-state index contributed by atoms with van der Waals surface area (Å²) in [6, 6.07) is 1.59. The van der Waals surface area contributed by atoms with E-state index in [0.717, 1.165) is 0 Å². The van der Waals surface area contributed by atoms with Crippen LogP contribution < -0.4 is 4.74 Å². The summed E-state index contributed by atoms with van der Waals surface area (Å²) in [5.74, 6) is 0.262. The summed E-state index contributed by atoms with van der Waals surface area (Å²) in [6.45, 7) is 2.97. The fourth-order valence-corrected chi connectivity index (χ4v) is 1.92. The Kier molecular flexibility index (Phi) is 4.45. The summed E-state index contributed by atoms with van der Waals surface area (Å²) in [4.78, 5) is 3.96. The topological polar surface area (TPSA) is 82.8 Å². The molecule has 1 rings (SSSR count). The second-order valence-electron chi connectivity index (χ2n) is 3.96. The van der Waals surface area contributed by atoms with E-state index in [4.69, 9.17) is 4.74 Å². The van der Waals surface area contributed by atoms with Gasteiger partial charge in [-0.1, -0.05) is 6.92 Å². The lowest BCUT2D eigenvalue weighted by Crippen LogP contribution is -2.38. The third-order valence-corrected chi connectivity index (χ3v) is 3.06. The van der Waals surface area contributed by atoms with Crippen LogP contribution in [0.4, 0.5) is 0 Å². The van der Waals surface area contributed by atoms with Crippen molar-refractivity contribution in [2.45, 2.75) is 38.6 Å². The van der Waals surface area contributed by atoms with Crippen LogP contribution in [0, 0.1) is 0 Å². The maximum atomic E-state index is 10.5. The number of hydrogen-bond donors (Lipinski definition) is 3. The second-order valence-corrected chi connectivity index (χ2v) is 3.96. The molecule has 1 aromatic heterocycles. The molecule has 5 nitrogen and oxygen atoms in total. The molecule has 0 saturated carbocycles. The maximum absolute atomic E-state index is 10.5. The number of pyridine rings is 1. The van der Waals surface area contributed by atoms with E-state index in [1.807, 2.05) is 0 Å². The molecule has 96 valence electrons. The Labute approximate surface area is 101 Å². The number of ether oxygens (including phenoxy) is 1. The van der Waals surface area contributed by atoms with E-state index < -0.39 is 11.7 Å². The van der Waals surface area contributed by atoms with Gasteiger partial charge in [0.05, 0.1) is 19.8 Å². The van der Waals surface area contributed by atoms with Gasteiger partial charge >= 0.3 is 0 Å². The van der Waals surface area contributed by atoms with Crippen LogP contribution in [0.3, 0.4) is 0 Å². The minimum atomic E-state index is -1.41. The predicted molar refractivity (Wildman–Crippen MR) is 62.6 cm³/mol. The molecule has 0 saturated heterocycles. The van der Waals surface area contributed by atoms with Gasteiger partial charge in [0, 0.05) is 11.8 Å². The van der Waals surface area contributed by atoms with Crippen molar-refractivity contribution < 1.29 is 20.1 Å². The Hall–Kier alpha value is -1.17. The number of aromatic nitrogens is 1. The summed E-state index contributed by atoms with van der Waals surface area (Å²) in [5.41, 5.74) is -0.557. The lowest BCUT2D eigenvalue weighted by Gasteiger charge is -2.32. The Bertz CT molecular complexity index is 381. The molecular weight excluding hydrogens is 222 g/mol. The van der Waals surface area contributed by atoms with E-state index in [2.05, 4.69) is 4.98 Å². The SMILES string of the molecule is CCC(O)(c1ccnc(OC)c1CO)C(C)O. The minimum absolute atomic E-state index is 0.262. The molecule has 5 heteroatoms. The number of aliphatic hydroxyl groups is 3. The zero-order valence-corrected chi connectivity index (χ0v) is 10.3. The Morgan fingerprint density at radius 2 is 2.18 bits per heavy atom. The van der Waals surface area contributed by atoms with Crippen molar-refractivity contribution in [2.75, 3.05) is 7.11 Å². The van der Waals surface area contributed by atoms with Gasteiger partial charge in [0.1, 0.15) is 5.60 Å². The van der Waals surface area contributed by atoms with E-state index in [-0.39, 0.29) is 12.5 Å². The first kappa shape index (κ1) is 13.9. The summed E-state index contributed by atoms with van der Waals surface area (Å²) in [6.07, 6.45) is 0.853. The molecule has 0 amide bonds. The zero-order valence-electron chi connectivity index (χ0n) is 10.3. The molecule has 0 aromatic carbocycles. The van der Waals surface area contributed by atoms with Crippen LogP contribution in [0.1, 0.15) is 31.4 Å². The summed E-state index contributed by atoms with van der Waals surface area (Å²) in [5, 5.41) is 29.5. The van der Waals surface area contributed by atoms with Gasteiger partial charge in [-0.05, 0) is 25.0 Å². The van der Waals surface area contributed by atoms with E-state index in [0.29, 0.717) is 17.5 Å². The highest BCUT2D eigenvalue weighted by atomic mass is 16.5. The largest absolute Gasteiger partial charge is 0.481 e. The molecule has 0 spiro atoms. The number of rotatable bonds is 5. The maximum Gasteiger partial charge on any atom is 0.218 e. The van der Waals surface area contributed by atoms with Gasteiger partial charge in [-0.15, -0.1) is 0 Å². The lowest BCUT2D eigenvalue weighted by molar-refractivity contribution is -0.0754. The lowest BCUT2D eigenvalue weighted by atomic mass is 9.84. The summed E-state index contributed by atoms with van der Waals surface area (Å²) in [7, 11) is 1.44. The first-order valence-electron chi connectivity index (χ1n) is 5.54. The van der Waals surface area contributed by atoms with Crippen LogP contribution in [-0.2, 0) is 12.2 Å². The molecule has 0 bridgehead atoms. The van der Waals surface area contributed by atoms with E-state index in [1.54, 1.807) is 13.0 Å². The van der Waals surface area contributed by atoms with Gasteiger partial charge < -0.3 is 20.1 Å². The van der Waals surface area contributed by atoms with Crippen molar-refractivity contribution >= 4 is 0 Å². The van der Waals surface area contributed by atoms with Crippen LogP contribution in [0.25, 0.3) is 0 Å². The number of aliphatic hydroxyl groups excluding tert-OH is 2. The molecule has 1 aromatic rings. The highest BCUT2D eigenvalue weighted by Crippen LogP contribution is 2.34. The van der Waals surface area contributed by atoms with Crippen molar-refractivity contribution in [2.24, 2.45) is 0 Å². The van der Waals surface area contributed by atoms with Crippen molar-refractivity contribution in [3.05, 3.63) is 23.4 Å². The van der Waals surface area contributed by atoms with Crippen molar-refractivity contribution in [1.29, 1.82) is 0 Å². The van der Waals surface area contributed by atoms with Gasteiger partial charge in [0.15, 0.2) is 0 Å². The standard InChI is InChI=1S/C12H19NO4/c1-4-12(16,8(2)15)10-5-6-13-11(17-3)9(10)7-14/h5-6,8,14-16H,4,7H2,1-3H3. The van der Waals surface area contributed by atoms with Crippen LogP contribution in [0.2, 0.25) is 0 Å². The second kappa shape index (κ2) is 5.44. The van der Waals surface area contributed by atoms with Crippen LogP contribution in [-0.4, -0.2) is 33.5 Å². The Morgan fingerprint density at radius 3 is 2.59 bits per heavy atom. The molecule has 0 aliphatic carbocycles. The van der Waals surface area contributed by atoms with Crippen LogP contribution in [0.15, 0.2) is 12.3 Å². The normalized spacial score (nSPS) is 16.4. The van der Waals surface area contributed by atoms with Gasteiger partial charge in [0.25, 0.3) is 0 Å². The Morgan fingerprint density at radius 1 is 1.53 bits per heavy atom. The van der Waals surface area contributed by atoms with E-state index >= 15 is 0 Å². The minimum Gasteiger partial charge on any atom is -0.481 e. The molecule has 3 N–H and O–H groups in total. The third-order valence-electron chi connectivity index (χ3n) is 3.06. The fraction of sp³-hybridized carbons (Fsp3) is 0.583. The van der Waals surface area contributed by atoms with Crippen LogP contribution in [0.5, 0.6) is 5.88 Å².